The fourth-order valence-corrected chi connectivity index (χ4v) is 4.74. The second kappa shape index (κ2) is 10.0. The standard InChI is InChI=1S/C21H31N3O2S/c1-16-15-18(24-11-13-27-14-12-24)9-10-19(16)23-21(26)20(25)22-17-7-5-3-2-4-6-8-17/h9-10,15,17H,2-8,11-14H2,1H3,(H,22,25)(H,23,26). The Balaban J connectivity index is 1.55. The monoisotopic (exact) mass is 389 g/mol. The van der Waals surface area contributed by atoms with Gasteiger partial charge in [0.25, 0.3) is 0 Å². The lowest BCUT2D eigenvalue weighted by Crippen LogP contribution is -2.42. The number of carbonyl (C=O) groups is 2. The molecule has 3 rings (SSSR count). The Bertz CT molecular complexity index is 651. The van der Waals surface area contributed by atoms with Crippen molar-refractivity contribution < 1.29 is 9.59 Å². The number of nitrogens with zero attached hydrogens (tertiary/aromatic N) is 1. The van der Waals surface area contributed by atoms with Crippen LogP contribution in [0.15, 0.2) is 18.2 Å². The summed E-state index contributed by atoms with van der Waals surface area (Å²) in [6.07, 6.45) is 7.93. The van der Waals surface area contributed by atoms with Gasteiger partial charge in [0.1, 0.15) is 0 Å². The van der Waals surface area contributed by atoms with Crippen LogP contribution in [0.25, 0.3) is 0 Å². The molecule has 2 fully saturated rings. The SMILES string of the molecule is Cc1cc(N2CCSCC2)ccc1NC(=O)C(=O)NC1CCCCCCC1. The first-order valence-electron chi connectivity index (χ1n) is 10.2. The summed E-state index contributed by atoms with van der Waals surface area (Å²) in [5, 5.41) is 5.71. The van der Waals surface area contributed by atoms with Crippen LogP contribution in [-0.2, 0) is 9.59 Å². The van der Waals surface area contributed by atoms with Crippen LogP contribution in [0, 0.1) is 6.92 Å². The summed E-state index contributed by atoms with van der Waals surface area (Å²) in [4.78, 5) is 27.0. The molecule has 1 aliphatic heterocycles. The van der Waals surface area contributed by atoms with Gasteiger partial charge in [0, 0.05) is 42.0 Å². The molecule has 0 unspecified atom stereocenters. The summed E-state index contributed by atoms with van der Waals surface area (Å²) < 4.78 is 0. The fourth-order valence-electron chi connectivity index (χ4n) is 3.84. The highest BCUT2D eigenvalue weighted by Gasteiger charge is 2.20. The summed E-state index contributed by atoms with van der Waals surface area (Å²) >= 11 is 1.99. The average Bonchev–Trinajstić information content (AvgIpc) is 2.66. The quantitative estimate of drug-likeness (QED) is 0.774. The van der Waals surface area contributed by atoms with Crippen LogP contribution in [0.2, 0.25) is 0 Å². The number of anilines is 2. The van der Waals surface area contributed by atoms with Crippen molar-refractivity contribution in [1.82, 2.24) is 5.32 Å². The molecule has 1 heterocycles. The topological polar surface area (TPSA) is 61.4 Å². The smallest absolute Gasteiger partial charge is 0.313 e. The molecule has 0 bridgehead atoms. The van der Waals surface area contributed by atoms with Crippen LogP contribution in [0.5, 0.6) is 0 Å². The van der Waals surface area contributed by atoms with Crippen molar-refractivity contribution in [3.05, 3.63) is 23.8 Å². The number of amides is 2. The number of hydrogen-bond acceptors (Lipinski definition) is 4. The molecule has 2 aliphatic rings. The predicted molar refractivity (Wildman–Crippen MR) is 114 cm³/mol. The number of benzene rings is 1. The second-order valence-electron chi connectivity index (χ2n) is 7.57. The number of thioether (sulfide) groups is 1. The molecule has 6 heteroatoms. The maximum atomic E-state index is 12.3. The second-order valence-corrected chi connectivity index (χ2v) is 8.79. The Hall–Kier alpha value is -1.69. The minimum atomic E-state index is -0.567. The average molecular weight is 390 g/mol. The van der Waals surface area contributed by atoms with Crippen LogP contribution in [-0.4, -0.2) is 42.5 Å². The predicted octanol–water partition coefficient (Wildman–Crippen LogP) is 3.72. The summed E-state index contributed by atoms with van der Waals surface area (Å²) in [7, 11) is 0. The number of rotatable bonds is 3. The molecule has 5 nitrogen and oxygen atoms in total. The van der Waals surface area contributed by atoms with E-state index in [9.17, 15) is 9.59 Å². The van der Waals surface area contributed by atoms with Gasteiger partial charge in [0.2, 0.25) is 0 Å². The first-order valence-corrected chi connectivity index (χ1v) is 11.3. The number of hydrogen-bond donors (Lipinski definition) is 2. The van der Waals surface area contributed by atoms with E-state index in [0.29, 0.717) is 5.69 Å². The van der Waals surface area contributed by atoms with Gasteiger partial charge < -0.3 is 15.5 Å². The van der Waals surface area contributed by atoms with Gasteiger partial charge in [0.05, 0.1) is 0 Å². The van der Waals surface area contributed by atoms with Crippen molar-refractivity contribution in [1.29, 1.82) is 0 Å². The van der Waals surface area contributed by atoms with Crippen LogP contribution in [0.4, 0.5) is 11.4 Å². The lowest BCUT2D eigenvalue weighted by atomic mass is 9.97. The molecule has 1 aromatic carbocycles. The Morgan fingerprint density at radius 3 is 2.33 bits per heavy atom. The molecule has 1 aromatic rings. The zero-order chi connectivity index (χ0) is 19.1. The lowest BCUT2D eigenvalue weighted by molar-refractivity contribution is -0.136. The molecule has 2 N–H and O–H groups in total. The molecule has 1 saturated carbocycles. The van der Waals surface area contributed by atoms with E-state index in [1.807, 2.05) is 30.8 Å². The summed E-state index contributed by atoms with van der Waals surface area (Å²) in [6, 6.07) is 6.17. The van der Waals surface area contributed by atoms with Crippen molar-refractivity contribution in [2.45, 2.75) is 57.9 Å². The molecule has 0 spiro atoms. The van der Waals surface area contributed by atoms with E-state index < -0.39 is 11.8 Å². The largest absolute Gasteiger partial charge is 0.370 e. The number of carbonyl (C=O) groups excluding carboxylic acids is 2. The van der Waals surface area contributed by atoms with Crippen molar-refractivity contribution in [3.8, 4) is 0 Å². The van der Waals surface area contributed by atoms with Crippen LogP contribution >= 0.6 is 11.8 Å². The van der Waals surface area contributed by atoms with Crippen LogP contribution < -0.4 is 15.5 Å². The van der Waals surface area contributed by atoms with Gasteiger partial charge in [-0.25, -0.2) is 0 Å². The third-order valence-electron chi connectivity index (χ3n) is 5.48. The normalized spacial score (nSPS) is 19.1. The number of aryl methyl sites for hydroxylation is 1. The molecular formula is C21H31N3O2S. The van der Waals surface area contributed by atoms with E-state index in [-0.39, 0.29) is 6.04 Å². The first-order chi connectivity index (χ1) is 13.1. The zero-order valence-electron chi connectivity index (χ0n) is 16.3. The molecule has 1 saturated heterocycles. The van der Waals surface area contributed by atoms with E-state index in [4.69, 9.17) is 0 Å². The lowest BCUT2D eigenvalue weighted by Gasteiger charge is -2.29. The number of nitrogens with one attached hydrogen (secondary N) is 2. The highest BCUT2D eigenvalue weighted by molar-refractivity contribution is 7.99. The highest BCUT2D eigenvalue weighted by Crippen LogP contribution is 2.25. The maximum absolute atomic E-state index is 12.3. The molecule has 27 heavy (non-hydrogen) atoms. The van der Waals surface area contributed by atoms with E-state index in [1.54, 1.807) is 0 Å². The molecule has 0 radical (unpaired) electrons. The molecular weight excluding hydrogens is 358 g/mol. The summed E-state index contributed by atoms with van der Waals surface area (Å²) in [5.41, 5.74) is 2.88. The first kappa shape index (κ1) is 20.1. The van der Waals surface area contributed by atoms with Gasteiger partial charge in [-0.3, -0.25) is 9.59 Å². The highest BCUT2D eigenvalue weighted by atomic mass is 32.2. The maximum Gasteiger partial charge on any atom is 0.313 e. The molecule has 1 aliphatic carbocycles. The molecule has 2 amide bonds. The van der Waals surface area contributed by atoms with Crippen molar-refractivity contribution >= 4 is 35.0 Å². The minimum Gasteiger partial charge on any atom is -0.370 e. The van der Waals surface area contributed by atoms with Gasteiger partial charge in [0.15, 0.2) is 0 Å². The van der Waals surface area contributed by atoms with Gasteiger partial charge in [-0.1, -0.05) is 32.1 Å². The molecule has 0 aromatic heterocycles. The summed E-state index contributed by atoms with van der Waals surface area (Å²) in [6.45, 7) is 4.09. The van der Waals surface area contributed by atoms with E-state index in [0.717, 1.165) is 55.8 Å². The Labute approximate surface area is 166 Å². The Morgan fingerprint density at radius 1 is 1.00 bits per heavy atom. The van der Waals surface area contributed by atoms with Gasteiger partial charge in [-0.15, -0.1) is 0 Å². The van der Waals surface area contributed by atoms with Gasteiger partial charge in [-0.05, 0) is 43.5 Å². The third-order valence-corrected chi connectivity index (χ3v) is 6.42. The van der Waals surface area contributed by atoms with Gasteiger partial charge in [-0.2, -0.15) is 11.8 Å². The van der Waals surface area contributed by atoms with Gasteiger partial charge >= 0.3 is 11.8 Å². The third kappa shape index (κ3) is 5.89. The van der Waals surface area contributed by atoms with Crippen LogP contribution in [0.3, 0.4) is 0 Å². The fraction of sp³-hybridized carbons (Fsp3) is 0.619. The zero-order valence-corrected chi connectivity index (χ0v) is 17.1. The molecule has 0 atom stereocenters. The van der Waals surface area contributed by atoms with Crippen LogP contribution in [0.1, 0.15) is 50.5 Å². The Kier molecular flexibility index (Phi) is 7.44. The Morgan fingerprint density at radius 2 is 1.67 bits per heavy atom. The van der Waals surface area contributed by atoms with E-state index in [2.05, 4.69) is 21.6 Å². The minimum absolute atomic E-state index is 0.129. The van der Waals surface area contributed by atoms with E-state index >= 15 is 0 Å². The van der Waals surface area contributed by atoms with Crippen molar-refractivity contribution in [3.63, 3.8) is 0 Å². The van der Waals surface area contributed by atoms with E-state index in [1.165, 1.54) is 24.9 Å². The van der Waals surface area contributed by atoms with Crippen molar-refractivity contribution in [2.75, 3.05) is 34.8 Å². The molecule has 148 valence electrons. The summed E-state index contributed by atoms with van der Waals surface area (Å²) in [5.74, 6) is 1.22. The van der Waals surface area contributed by atoms with Crippen molar-refractivity contribution in [2.24, 2.45) is 0 Å².